The van der Waals surface area contributed by atoms with Gasteiger partial charge in [-0.2, -0.15) is 4.98 Å². The summed E-state index contributed by atoms with van der Waals surface area (Å²) >= 11 is 6.08. The SMILES string of the molecule is Nc1ccc(-c2nc(-c3ccccc3Cl)no2)cn1. The molecule has 5 nitrogen and oxygen atoms in total. The average molecular weight is 273 g/mol. The highest BCUT2D eigenvalue weighted by Gasteiger charge is 2.12. The van der Waals surface area contributed by atoms with Crippen LogP contribution in [0.5, 0.6) is 0 Å². The number of nitrogens with two attached hydrogens (primary N) is 1. The van der Waals surface area contributed by atoms with E-state index in [9.17, 15) is 0 Å². The van der Waals surface area contributed by atoms with Gasteiger partial charge in [-0.05, 0) is 24.3 Å². The van der Waals surface area contributed by atoms with E-state index in [0.717, 1.165) is 5.56 Å². The van der Waals surface area contributed by atoms with E-state index < -0.39 is 0 Å². The van der Waals surface area contributed by atoms with E-state index in [1.54, 1.807) is 24.4 Å². The van der Waals surface area contributed by atoms with Gasteiger partial charge in [0.05, 0.1) is 10.6 Å². The van der Waals surface area contributed by atoms with Gasteiger partial charge in [0.15, 0.2) is 0 Å². The van der Waals surface area contributed by atoms with Crippen molar-refractivity contribution in [1.29, 1.82) is 0 Å². The van der Waals surface area contributed by atoms with E-state index in [0.29, 0.717) is 28.1 Å². The van der Waals surface area contributed by atoms with Gasteiger partial charge in [-0.15, -0.1) is 0 Å². The minimum absolute atomic E-state index is 0.377. The predicted molar refractivity (Wildman–Crippen MR) is 72.4 cm³/mol. The van der Waals surface area contributed by atoms with Gasteiger partial charge in [-0.1, -0.05) is 28.9 Å². The summed E-state index contributed by atoms with van der Waals surface area (Å²) in [5.74, 6) is 1.26. The van der Waals surface area contributed by atoms with Crippen LogP contribution in [0.15, 0.2) is 47.1 Å². The Balaban J connectivity index is 2.00. The molecule has 0 fully saturated rings. The topological polar surface area (TPSA) is 77.8 Å². The minimum Gasteiger partial charge on any atom is -0.384 e. The molecule has 6 heteroatoms. The number of pyridine rings is 1. The third kappa shape index (κ3) is 2.28. The van der Waals surface area contributed by atoms with Crippen LogP contribution in [0.2, 0.25) is 5.02 Å². The smallest absolute Gasteiger partial charge is 0.259 e. The molecule has 3 rings (SSSR count). The van der Waals surface area contributed by atoms with Crippen molar-refractivity contribution in [3.8, 4) is 22.8 Å². The first-order chi connectivity index (χ1) is 9.24. The number of halogens is 1. The molecule has 0 aliphatic rings. The zero-order valence-corrected chi connectivity index (χ0v) is 10.5. The van der Waals surface area contributed by atoms with Crippen molar-refractivity contribution in [2.45, 2.75) is 0 Å². The Labute approximate surface area is 114 Å². The number of hydrogen-bond donors (Lipinski definition) is 1. The Morgan fingerprint density at radius 1 is 1.11 bits per heavy atom. The Bertz CT molecular complexity index is 709. The van der Waals surface area contributed by atoms with Crippen molar-refractivity contribution in [2.75, 3.05) is 5.73 Å². The monoisotopic (exact) mass is 272 g/mol. The van der Waals surface area contributed by atoms with Gasteiger partial charge in [-0.25, -0.2) is 4.98 Å². The molecule has 3 aromatic rings. The third-order valence-electron chi connectivity index (χ3n) is 2.57. The molecule has 0 spiro atoms. The summed E-state index contributed by atoms with van der Waals surface area (Å²) in [5, 5.41) is 4.49. The second-order valence-electron chi connectivity index (χ2n) is 3.87. The summed E-state index contributed by atoms with van der Waals surface area (Å²) < 4.78 is 5.20. The van der Waals surface area contributed by atoms with E-state index in [1.807, 2.05) is 18.2 Å². The molecule has 2 N–H and O–H groups in total. The predicted octanol–water partition coefficient (Wildman–Crippen LogP) is 3.03. The molecule has 0 atom stereocenters. The second-order valence-corrected chi connectivity index (χ2v) is 4.28. The Hall–Kier alpha value is -2.40. The van der Waals surface area contributed by atoms with Gasteiger partial charge in [0.1, 0.15) is 5.82 Å². The molecular weight excluding hydrogens is 264 g/mol. The largest absolute Gasteiger partial charge is 0.384 e. The number of nitrogens with zero attached hydrogens (tertiary/aromatic N) is 3. The highest BCUT2D eigenvalue weighted by atomic mass is 35.5. The third-order valence-corrected chi connectivity index (χ3v) is 2.90. The Morgan fingerprint density at radius 3 is 2.68 bits per heavy atom. The van der Waals surface area contributed by atoms with E-state index in [-0.39, 0.29) is 0 Å². The number of aromatic nitrogens is 3. The lowest BCUT2D eigenvalue weighted by atomic mass is 10.2. The zero-order chi connectivity index (χ0) is 13.2. The summed E-state index contributed by atoms with van der Waals surface area (Å²) in [4.78, 5) is 8.28. The quantitative estimate of drug-likeness (QED) is 0.776. The van der Waals surface area contributed by atoms with Crippen LogP contribution in [0.4, 0.5) is 5.82 Å². The Kier molecular flexibility index (Phi) is 2.89. The fourth-order valence-electron chi connectivity index (χ4n) is 1.62. The molecule has 0 amide bonds. The van der Waals surface area contributed by atoms with E-state index in [2.05, 4.69) is 15.1 Å². The molecule has 0 saturated heterocycles. The van der Waals surface area contributed by atoms with Crippen LogP contribution in [-0.2, 0) is 0 Å². The molecule has 0 aliphatic heterocycles. The van der Waals surface area contributed by atoms with E-state index >= 15 is 0 Å². The van der Waals surface area contributed by atoms with Crippen LogP contribution in [-0.4, -0.2) is 15.1 Å². The summed E-state index contributed by atoms with van der Waals surface area (Å²) in [6, 6.07) is 10.8. The van der Waals surface area contributed by atoms with Gasteiger partial charge in [0, 0.05) is 11.8 Å². The van der Waals surface area contributed by atoms with Crippen LogP contribution in [0, 0.1) is 0 Å². The molecule has 94 valence electrons. The maximum atomic E-state index is 6.08. The molecule has 19 heavy (non-hydrogen) atoms. The molecule has 0 unspecified atom stereocenters. The van der Waals surface area contributed by atoms with Gasteiger partial charge in [0.25, 0.3) is 5.89 Å². The highest BCUT2D eigenvalue weighted by Crippen LogP contribution is 2.27. The van der Waals surface area contributed by atoms with Gasteiger partial charge >= 0.3 is 0 Å². The number of nitrogen functional groups attached to an aromatic ring is 1. The van der Waals surface area contributed by atoms with Gasteiger partial charge < -0.3 is 10.3 Å². The maximum Gasteiger partial charge on any atom is 0.259 e. The Morgan fingerprint density at radius 2 is 1.95 bits per heavy atom. The molecule has 2 aromatic heterocycles. The van der Waals surface area contributed by atoms with Gasteiger partial charge in [0.2, 0.25) is 5.82 Å². The maximum absolute atomic E-state index is 6.08. The van der Waals surface area contributed by atoms with Crippen LogP contribution in [0.1, 0.15) is 0 Å². The van der Waals surface area contributed by atoms with Crippen molar-refractivity contribution in [1.82, 2.24) is 15.1 Å². The molecular formula is C13H9ClN4O. The first-order valence-electron chi connectivity index (χ1n) is 5.54. The van der Waals surface area contributed by atoms with Gasteiger partial charge in [-0.3, -0.25) is 0 Å². The van der Waals surface area contributed by atoms with Crippen molar-refractivity contribution in [2.24, 2.45) is 0 Å². The lowest BCUT2D eigenvalue weighted by Crippen LogP contribution is -1.89. The number of benzene rings is 1. The first-order valence-corrected chi connectivity index (χ1v) is 5.92. The highest BCUT2D eigenvalue weighted by molar-refractivity contribution is 6.33. The molecule has 0 saturated carbocycles. The van der Waals surface area contributed by atoms with E-state index in [1.165, 1.54) is 0 Å². The molecule has 0 bridgehead atoms. The van der Waals surface area contributed by atoms with Crippen molar-refractivity contribution >= 4 is 17.4 Å². The fraction of sp³-hybridized carbons (Fsp3) is 0. The molecule has 2 heterocycles. The standard InChI is InChI=1S/C13H9ClN4O/c14-10-4-2-1-3-9(10)12-17-13(19-18-12)8-5-6-11(15)16-7-8/h1-7H,(H2,15,16). The average Bonchev–Trinajstić information content (AvgIpc) is 2.89. The lowest BCUT2D eigenvalue weighted by molar-refractivity contribution is 0.432. The molecule has 0 aliphatic carbocycles. The molecule has 0 radical (unpaired) electrons. The van der Waals surface area contributed by atoms with Crippen LogP contribution < -0.4 is 5.73 Å². The van der Waals surface area contributed by atoms with Crippen molar-refractivity contribution in [3.05, 3.63) is 47.6 Å². The summed E-state index contributed by atoms with van der Waals surface area (Å²) in [6.45, 7) is 0. The van der Waals surface area contributed by atoms with Crippen LogP contribution in [0.3, 0.4) is 0 Å². The number of hydrogen-bond acceptors (Lipinski definition) is 5. The van der Waals surface area contributed by atoms with Crippen molar-refractivity contribution in [3.63, 3.8) is 0 Å². The number of anilines is 1. The first kappa shape index (κ1) is 11.7. The number of rotatable bonds is 2. The second kappa shape index (κ2) is 4.70. The van der Waals surface area contributed by atoms with Crippen LogP contribution >= 0.6 is 11.6 Å². The summed E-state index contributed by atoms with van der Waals surface area (Å²) in [6.07, 6.45) is 1.58. The van der Waals surface area contributed by atoms with E-state index in [4.69, 9.17) is 21.9 Å². The normalized spacial score (nSPS) is 10.6. The summed E-state index contributed by atoms with van der Waals surface area (Å²) in [7, 11) is 0. The summed E-state index contributed by atoms with van der Waals surface area (Å²) in [5.41, 5.74) is 6.96. The van der Waals surface area contributed by atoms with Crippen molar-refractivity contribution < 1.29 is 4.52 Å². The lowest BCUT2D eigenvalue weighted by Gasteiger charge is -1.96. The van der Waals surface area contributed by atoms with Crippen LogP contribution in [0.25, 0.3) is 22.8 Å². The minimum atomic E-state index is 0.377. The fourth-order valence-corrected chi connectivity index (χ4v) is 1.84. The molecule has 1 aromatic carbocycles. The zero-order valence-electron chi connectivity index (χ0n) is 9.75.